The highest BCUT2D eigenvalue weighted by atomic mass is 32.2. The quantitative estimate of drug-likeness (QED) is 0.603. The molecule has 0 radical (unpaired) electrons. The van der Waals surface area contributed by atoms with Crippen molar-refractivity contribution in [3.05, 3.63) is 66.1 Å². The summed E-state index contributed by atoms with van der Waals surface area (Å²) in [6.45, 7) is 6.08. The zero-order valence-corrected chi connectivity index (χ0v) is 16.5. The molecule has 1 N–H and O–H groups in total. The number of rotatable bonds is 7. The van der Waals surface area contributed by atoms with Crippen LogP contribution in [0.4, 0.5) is 0 Å². The molecule has 0 unspecified atom stereocenters. The number of thioether (sulfide) groups is 1. The summed E-state index contributed by atoms with van der Waals surface area (Å²) in [6, 6.07) is 17.4. The van der Waals surface area contributed by atoms with Gasteiger partial charge in [-0.15, -0.1) is 11.8 Å². The number of hydrogen-bond donors (Lipinski definition) is 1. The summed E-state index contributed by atoms with van der Waals surface area (Å²) >= 11 is 1.53. The van der Waals surface area contributed by atoms with E-state index in [4.69, 9.17) is 4.52 Å². The van der Waals surface area contributed by atoms with E-state index in [0.717, 1.165) is 10.5 Å². The van der Waals surface area contributed by atoms with Crippen LogP contribution in [-0.4, -0.2) is 21.8 Å². The van der Waals surface area contributed by atoms with Gasteiger partial charge in [0, 0.05) is 10.5 Å². The number of amides is 1. The third-order valence-corrected chi connectivity index (χ3v) is 5.35. The molecule has 0 saturated heterocycles. The van der Waals surface area contributed by atoms with Gasteiger partial charge in [0.2, 0.25) is 17.6 Å². The summed E-state index contributed by atoms with van der Waals surface area (Å²) in [5.41, 5.74) is 2.05. The maximum absolute atomic E-state index is 12.5. The first-order valence-corrected chi connectivity index (χ1v) is 9.90. The first-order chi connectivity index (χ1) is 13.0. The van der Waals surface area contributed by atoms with Gasteiger partial charge in [-0.05, 0) is 24.5 Å². The van der Waals surface area contributed by atoms with E-state index < -0.39 is 0 Å². The van der Waals surface area contributed by atoms with Crippen molar-refractivity contribution in [1.82, 2.24) is 15.5 Å². The molecule has 0 saturated carbocycles. The molecule has 3 rings (SSSR count). The highest BCUT2D eigenvalue weighted by Gasteiger charge is 2.25. The van der Waals surface area contributed by atoms with E-state index in [1.165, 1.54) is 17.3 Å². The summed E-state index contributed by atoms with van der Waals surface area (Å²) in [6.07, 6.45) is 0. The fraction of sp³-hybridized carbons (Fsp3) is 0.286. The van der Waals surface area contributed by atoms with Crippen LogP contribution in [0.1, 0.15) is 31.3 Å². The van der Waals surface area contributed by atoms with E-state index in [9.17, 15) is 4.79 Å². The number of carbonyl (C=O) groups is 1. The number of aryl methyl sites for hydroxylation is 1. The van der Waals surface area contributed by atoms with Crippen LogP contribution in [0.3, 0.4) is 0 Å². The topological polar surface area (TPSA) is 68.0 Å². The fourth-order valence-corrected chi connectivity index (χ4v) is 3.50. The number of aromatic nitrogens is 2. The standard InChI is InChI=1S/C21H23N3O2S/c1-14(2)19(21-23-20(24-26-21)16-10-5-4-6-11-16)22-18(25)13-27-17-12-8-7-9-15(17)3/h4-12,14,19H,13H2,1-3H3,(H,22,25)/t19-/m0/s1. The van der Waals surface area contributed by atoms with Crippen LogP contribution in [0.5, 0.6) is 0 Å². The van der Waals surface area contributed by atoms with E-state index in [2.05, 4.69) is 15.5 Å². The van der Waals surface area contributed by atoms with Gasteiger partial charge < -0.3 is 9.84 Å². The van der Waals surface area contributed by atoms with Gasteiger partial charge in [0.05, 0.1) is 5.75 Å². The first-order valence-electron chi connectivity index (χ1n) is 8.91. The number of carbonyl (C=O) groups excluding carboxylic acids is 1. The predicted molar refractivity (Wildman–Crippen MR) is 107 cm³/mol. The molecule has 6 heteroatoms. The molecule has 0 fully saturated rings. The summed E-state index contributed by atoms with van der Waals surface area (Å²) in [4.78, 5) is 18.1. The van der Waals surface area contributed by atoms with E-state index in [0.29, 0.717) is 17.5 Å². The average molecular weight is 382 g/mol. The molecule has 0 aliphatic heterocycles. The van der Waals surface area contributed by atoms with E-state index in [1.54, 1.807) is 0 Å². The summed E-state index contributed by atoms with van der Waals surface area (Å²) in [7, 11) is 0. The van der Waals surface area contributed by atoms with Gasteiger partial charge >= 0.3 is 0 Å². The zero-order chi connectivity index (χ0) is 19.2. The Labute approximate surface area is 163 Å². The second-order valence-electron chi connectivity index (χ2n) is 6.67. The fourth-order valence-electron chi connectivity index (χ4n) is 2.66. The van der Waals surface area contributed by atoms with Gasteiger partial charge in [0.1, 0.15) is 6.04 Å². The summed E-state index contributed by atoms with van der Waals surface area (Å²) < 4.78 is 5.44. The molecule has 0 aliphatic rings. The van der Waals surface area contributed by atoms with Crippen molar-refractivity contribution >= 4 is 17.7 Å². The maximum atomic E-state index is 12.5. The predicted octanol–water partition coefficient (Wildman–Crippen LogP) is 4.65. The van der Waals surface area contributed by atoms with Gasteiger partial charge in [-0.3, -0.25) is 4.79 Å². The molecular formula is C21H23N3O2S. The van der Waals surface area contributed by atoms with Gasteiger partial charge in [-0.2, -0.15) is 4.98 Å². The molecule has 2 aromatic carbocycles. The lowest BCUT2D eigenvalue weighted by atomic mass is 10.0. The van der Waals surface area contributed by atoms with Crippen molar-refractivity contribution in [2.75, 3.05) is 5.75 Å². The lowest BCUT2D eigenvalue weighted by molar-refractivity contribution is -0.119. The average Bonchev–Trinajstić information content (AvgIpc) is 3.16. The smallest absolute Gasteiger partial charge is 0.249 e. The number of benzene rings is 2. The third-order valence-electron chi connectivity index (χ3n) is 4.18. The molecule has 5 nitrogen and oxygen atoms in total. The number of nitrogens with one attached hydrogen (secondary N) is 1. The summed E-state index contributed by atoms with van der Waals surface area (Å²) in [5.74, 6) is 1.37. The van der Waals surface area contributed by atoms with Gasteiger partial charge in [-0.25, -0.2) is 0 Å². The van der Waals surface area contributed by atoms with Crippen molar-refractivity contribution < 1.29 is 9.32 Å². The molecule has 1 heterocycles. The Morgan fingerprint density at radius 1 is 1.11 bits per heavy atom. The Kier molecular flexibility index (Phi) is 6.29. The monoisotopic (exact) mass is 381 g/mol. The second kappa shape index (κ2) is 8.86. The molecule has 1 aromatic heterocycles. The second-order valence-corrected chi connectivity index (χ2v) is 7.68. The van der Waals surface area contributed by atoms with Gasteiger partial charge in [-0.1, -0.05) is 67.5 Å². The Morgan fingerprint density at radius 3 is 2.52 bits per heavy atom. The minimum atomic E-state index is -0.320. The van der Waals surface area contributed by atoms with Crippen molar-refractivity contribution in [2.24, 2.45) is 5.92 Å². The van der Waals surface area contributed by atoms with Gasteiger partial charge in [0.25, 0.3) is 0 Å². The molecule has 140 valence electrons. The highest BCUT2D eigenvalue weighted by Crippen LogP contribution is 2.25. The largest absolute Gasteiger partial charge is 0.343 e. The molecular weight excluding hydrogens is 358 g/mol. The molecule has 1 atom stereocenters. The molecule has 1 amide bonds. The number of nitrogens with zero attached hydrogens (tertiary/aromatic N) is 2. The molecule has 27 heavy (non-hydrogen) atoms. The van der Waals surface area contributed by atoms with E-state index >= 15 is 0 Å². The Bertz CT molecular complexity index is 893. The lowest BCUT2D eigenvalue weighted by Crippen LogP contribution is -2.33. The summed E-state index contributed by atoms with van der Waals surface area (Å²) in [5, 5.41) is 7.09. The molecule has 0 aliphatic carbocycles. The van der Waals surface area contributed by atoms with Crippen LogP contribution < -0.4 is 5.32 Å². The van der Waals surface area contributed by atoms with Crippen molar-refractivity contribution in [3.63, 3.8) is 0 Å². The van der Waals surface area contributed by atoms with Crippen LogP contribution >= 0.6 is 11.8 Å². The molecule has 3 aromatic rings. The minimum Gasteiger partial charge on any atom is -0.343 e. The van der Waals surface area contributed by atoms with Crippen LogP contribution in [0, 0.1) is 12.8 Å². The molecule has 0 spiro atoms. The van der Waals surface area contributed by atoms with Crippen LogP contribution in [0.15, 0.2) is 64.0 Å². The van der Waals surface area contributed by atoms with Crippen molar-refractivity contribution in [1.29, 1.82) is 0 Å². The van der Waals surface area contributed by atoms with Crippen LogP contribution in [0.2, 0.25) is 0 Å². The minimum absolute atomic E-state index is 0.0542. The highest BCUT2D eigenvalue weighted by molar-refractivity contribution is 8.00. The van der Waals surface area contributed by atoms with E-state index in [1.807, 2.05) is 75.4 Å². The van der Waals surface area contributed by atoms with Crippen LogP contribution in [0.25, 0.3) is 11.4 Å². The SMILES string of the molecule is Cc1ccccc1SCC(=O)N[C@H](c1nc(-c2ccccc2)no1)C(C)C. The lowest BCUT2D eigenvalue weighted by Gasteiger charge is -2.18. The normalized spacial score (nSPS) is 12.1. The Morgan fingerprint density at radius 2 is 1.81 bits per heavy atom. The third kappa shape index (κ3) is 4.98. The van der Waals surface area contributed by atoms with Gasteiger partial charge in [0.15, 0.2) is 0 Å². The van der Waals surface area contributed by atoms with Crippen molar-refractivity contribution in [3.8, 4) is 11.4 Å². The first kappa shape index (κ1) is 19.2. The van der Waals surface area contributed by atoms with E-state index in [-0.39, 0.29) is 17.9 Å². The Hall–Kier alpha value is -2.60. The zero-order valence-electron chi connectivity index (χ0n) is 15.7. The molecule has 0 bridgehead atoms. The van der Waals surface area contributed by atoms with Crippen LogP contribution in [-0.2, 0) is 4.79 Å². The maximum Gasteiger partial charge on any atom is 0.249 e. The number of hydrogen-bond acceptors (Lipinski definition) is 5. The Balaban J connectivity index is 1.66. The van der Waals surface area contributed by atoms with Crippen molar-refractivity contribution in [2.45, 2.75) is 31.7 Å².